The molecular weight excluding hydrogens is 256 g/mol. The molecule has 0 aliphatic rings. The lowest BCUT2D eigenvalue weighted by Crippen LogP contribution is -2.36. The van der Waals surface area contributed by atoms with Crippen LogP contribution in [-0.4, -0.2) is 21.5 Å². The Morgan fingerprint density at radius 1 is 1.30 bits per heavy atom. The number of amides is 3. The Labute approximate surface area is 116 Å². The Balaban J connectivity index is 1.92. The summed E-state index contributed by atoms with van der Waals surface area (Å²) in [6.45, 7) is 3.93. The fraction of sp³-hybridized carbons (Fsp3) is 0.214. The largest absolute Gasteiger partial charge is 0.328 e. The lowest BCUT2D eigenvalue weighted by atomic mass is 10.1. The lowest BCUT2D eigenvalue weighted by Gasteiger charge is -2.11. The van der Waals surface area contributed by atoms with Gasteiger partial charge in [0.05, 0.1) is 6.33 Å². The molecule has 0 unspecified atom stereocenters. The molecule has 3 amide bonds. The summed E-state index contributed by atoms with van der Waals surface area (Å²) in [6, 6.07) is 5.07. The van der Waals surface area contributed by atoms with Crippen molar-refractivity contribution < 1.29 is 9.59 Å². The van der Waals surface area contributed by atoms with Crippen molar-refractivity contribution in [1.82, 2.24) is 14.9 Å². The smallest absolute Gasteiger partial charge is 0.325 e. The van der Waals surface area contributed by atoms with Gasteiger partial charge in [-0.25, -0.2) is 9.78 Å². The molecule has 2 N–H and O–H groups in total. The quantitative estimate of drug-likeness (QED) is 0.895. The van der Waals surface area contributed by atoms with Crippen molar-refractivity contribution in [2.24, 2.45) is 0 Å². The van der Waals surface area contributed by atoms with Crippen molar-refractivity contribution in [3.63, 3.8) is 0 Å². The van der Waals surface area contributed by atoms with E-state index in [2.05, 4.69) is 15.6 Å². The van der Waals surface area contributed by atoms with Crippen LogP contribution in [0.2, 0.25) is 0 Å². The summed E-state index contributed by atoms with van der Waals surface area (Å²) in [7, 11) is 0. The van der Waals surface area contributed by atoms with E-state index in [-0.39, 0.29) is 6.54 Å². The monoisotopic (exact) mass is 272 g/mol. The summed E-state index contributed by atoms with van der Waals surface area (Å²) in [5.74, 6) is -0.397. The molecule has 0 bridgehead atoms. The molecule has 104 valence electrons. The van der Waals surface area contributed by atoms with Crippen LogP contribution < -0.4 is 10.6 Å². The molecule has 1 heterocycles. The predicted octanol–water partition coefficient (Wildman–Crippen LogP) is 1.85. The van der Waals surface area contributed by atoms with Crippen LogP contribution in [0.25, 0.3) is 0 Å². The standard InChI is InChI=1S/C14H16N4O2/c1-10-4-3-5-12(11(10)2)16-14(20)17-13(19)8-18-7-6-15-9-18/h3-7,9H,8H2,1-2H3,(H2,16,17,19,20). The van der Waals surface area contributed by atoms with Crippen LogP contribution in [0.1, 0.15) is 11.1 Å². The highest BCUT2D eigenvalue weighted by Gasteiger charge is 2.10. The van der Waals surface area contributed by atoms with Gasteiger partial charge in [-0.05, 0) is 31.0 Å². The first-order valence-electron chi connectivity index (χ1n) is 6.19. The molecule has 0 saturated heterocycles. The highest BCUT2D eigenvalue weighted by molar-refractivity contribution is 6.01. The lowest BCUT2D eigenvalue weighted by molar-refractivity contribution is -0.120. The molecule has 1 aromatic heterocycles. The zero-order valence-electron chi connectivity index (χ0n) is 11.4. The van der Waals surface area contributed by atoms with Crippen molar-refractivity contribution in [3.05, 3.63) is 48.0 Å². The number of hydrogen-bond acceptors (Lipinski definition) is 3. The third-order valence-corrected chi connectivity index (χ3v) is 2.99. The number of carbonyl (C=O) groups excluding carboxylic acids is 2. The SMILES string of the molecule is Cc1cccc(NC(=O)NC(=O)Cn2ccnc2)c1C. The minimum Gasteiger partial charge on any atom is -0.328 e. The Hall–Kier alpha value is -2.63. The number of aromatic nitrogens is 2. The minimum atomic E-state index is -0.538. The van der Waals surface area contributed by atoms with E-state index < -0.39 is 11.9 Å². The van der Waals surface area contributed by atoms with E-state index in [0.717, 1.165) is 11.1 Å². The first kappa shape index (κ1) is 13.8. The van der Waals surface area contributed by atoms with Crippen molar-refractivity contribution in [1.29, 1.82) is 0 Å². The molecule has 0 radical (unpaired) electrons. The number of imide groups is 1. The second-order valence-electron chi connectivity index (χ2n) is 4.48. The molecule has 0 saturated carbocycles. The van der Waals surface area contributed by atoms with Crippen LogP contribution in [0.5, 0.6) is 0 Å². The zero-order chi connectivity index (χ0) is 14.5. The summed E-state index contributed by atoms with van der Waals surface area (Å²) < 4.78 is 1.58. The molecule has 0 aliphatic carbocycles. The number of imidazole rings is 1. The van der Waals surface area contributed by atoms with Crippen molar-refractivity contribution >= 4 is 17.6 Å². The summed E-state index contributed by atoms with van der Waals surface area (Å²) in [6.07, 6.45) is 4.74. The van der Waals surface area contributed by atoms with Gasteiger partial charge in [-0.3, -0.25) is 10.1 Å². The van der Waals surface area contributed by atoms with Gasteiger partial charge in [-0.1, -0.05) is 12.1 Å². The summed E-state index contributed by atoms with van der Waals surface area (Å²) in [4.78, 5) is 27.2. The first-order chi connectivity index (χ1) is 9.56. The van der Waals surface area contributed by atoms with E-state index in [1.54, 1.807) is 23.0 Å². The van der Waals surface area contributed by atoms with E-state index in [0.29, 0.717) is 5.69 Å². The maximum absolute atomic E-state index is 11.7. The van der Waals surface area contributed by atoms with Gasteiger partial charge in [-0.15, -0.1) is 0 Å². The summed E-state index contributed by atoms with van der Waals surface area (Å²) in [5.41, 5.74) is 2.75. The van der Waals surface area contributed by atoms with E-state index in [1.165, 1.54) is 6.33 Å². The van der Waals surface area contributed by atoms with Crippen molar-refractivity contribution in [2.45, 2.75) is 20.4 Å². The summed E-state index contributed by atoms with van der Waals surface area (Å²) in [5, 5.41) is 4.94. The highest BCUT2D eigenvalue weighted by Crippen LogP contribution is 2.17. The molecule has 2 rings (SSSR count). The fourth-order valence-electron chi connectivity index (χ4n) is 1.75. The average molecular weight is 272 g/mol. The van der Waals surface area contributed by atoms with Crippen molar-refractivity contribution in [3.8, 4) is 0 Å². The second kappa shape index (κ2) is 6.01. The number of hydrogen-bond donors (Lipinski definition) is 2. The van der Waals surface area contributed by atoms with Gasteiger partial charge in [0.1, 0.15) is 6.54 Å². The predicted molar refractivity (Wildman–Crippen MR) is 75.3 cm³/mol. The van der Waals surface area contributed by atoms with Crippen LogP contribution >= 0.6 is 0 Å². The van der Waals surface area contributed by atoms with Crippen LogP contribution in [0.15, 0.2) is 36.9 Å². The third kappa shape index (κ3) is 3.44. The Morgan fingerprint density at radius 2 is 2.10 bits per heavy atom. The number of rotatable bonds is 3. The number of carbonyl (C=O) groups is 2. The van der Waals surface area contributed by atoms with Gasteiger partial charge < -0.3 is 9.88 Å². The molecule has 2 aromatic rings. The number of nitrogens with one attached hydrogen (secondary N) is 2. The van der Waals surface area contributed by atoms with Gasteiger partial charge in [-0.2, -0.15) is 0 Å². The number of aryl methyl sites for hydroxylation is 1. The fourth-order valence-corrected chi connectivity index (χ4v) is 1.75. The Kier molecular flexibility index (Phi) is 4.14. The van der Waals surface area contributed by atoms with E-state index in [1.807, 2.05) is 26.0 Å². The topological polar surface area (TPSA) is 76.0 Å². The molecule has 6 nitrogen and oxygen atoms in total. The molecule has 0 aliphatic heterocycles. The number of urea groups is 1. The van der Waals surface area contributed by atoms with Gasteiger partial charge in [0.2, 0.25) is 5.91 Å². The maximum atomic E-state index is 11.7. The Morgan fingerprint density at radius 3 is 2.80 bits per heavy atom. The summed E-state index contributed by atoms with van der Waals surface area (Å²) >= 11 is 0. The van der Waals surface area contributed by atoms with Crippen molar-refractivity contribution in [2.75, 3.05) is 5.32 Å². The molecular formula is C14H16N4O2. The number of anilines is 1. The van der Waals surface area contributed by atoms with E-state index in [9.17, 15) is 9.59 Å². The third-order valence-electron chi connectivity index (χ3n) is 2.99. The van der Waals surface area contributed by atoms with Gasteiger partial charge >= 0.3 is 6.03 Å². The zero-order valence-corrected chi connectivity index (χ0v) is 11.4. The van der Waals surface area contributed by atoms with Crippen LogP contribution in [0, 0.1) is 13.8 Å². The van der Waals surface area contributed by atoms with E-state index in [4.69, 9.17) is 0 Å². The van der Waals surface area contributed by atoms with Gasteiger partial charge in [0.25, 0.3) is 0 Å². The second-order valence-corrected chi connectivity index (χ2v) is 4.48. The number of benzene rings is 1. The van der Waals surface area contributed by atoms with Gasteiger partial charge in [0, 0.05) is 18.1 Å². The normalized spacial score (nSPS) is 10.1. The Bertz CT molecular complexity index is 620. The number of nitrogens with zero attached hydrogens (tertiary/aromatic N) is 2. The minimum absolute atomic E-state index is 0.0558. The molecule has 0 spiro atoms. The molecule has 0 atom stereocenters. The molecule has 20 heavy (non-hydrogen) atoms. The molecule has 6 heteroatoms. The molecule has 0 fully saturated rings. The van der Waals surface area contributed by atoms with Crippen LogP contribution in [0.3, 0.4) is 0 Å². The molecule has 1 aromatic carbocycles. The van der Waals surface area contributed by atoms with Crippen LogP contribution in [0.4, 0.5) is 10.5 Å². The van der Waals surface area contributed by atoms with E-state index >= 15 is 0 Å². The highest BCUT2D eigenvalue weighted by atomic mass is 16.2. The maximum Gasteiger partial charge on any atom is 0.325 e. The average Bonchev–Trinajstić information content (AvgIpc) is 2.87. The van der Waals surface area contributed by atoms with Crippen LogP contribution in [-0.2, 0) is 11.3 Å². The first-order valence-corrected chi connectivity index (χ1v) is 6.19. The van der Waals surface area contributed by atoms with Gasteiger partial charge in [0.15, 0.2) is 0 Å².